The summed E-state index contributed by atoms with van der Waals surface area (Å²) >= 11 is 0. The molecule has 0 saturated carbocycles. The van der Waals surface area contributed by atoms with E-state index in [1.165, 1.54) is 0 Å². The number of hydrogen-bond donors (Lipinski definition) is 2. The van der Waals surface area contributed by atoms with Crippen LogP contribution in [0.15, 0.2) is 18.2 Å². The van der Waals surface area contributed by atoms with Gasteiger partial charge in [-0.15, -0.1) is 0 Å². The lowest BCUT2D eigenvalue weighted by molar-refractivity contribution is -0.118. The van der Waals surface area contributed by atoms with Gasteiger partial charge in [0.2, 0.25) is 5.91 Å². The molecule has 17 heavy (non-hydrogen) atoms. The SMILES string of the molecule is CC(C)[C@@H](N)C(=O)Nc1ccc2c(c1)CCO2. The van der Waals surface area contributed by atoms with Crippen LogP contribution in [0.3, 0.4) is 0 Å². The smallest absolute Gasteiger partial charge is 0.241 e. The Balaban J connectivity index is 2.07. The second-order valence-electron chi connectivity index (χ2n) is 4.68. The van der Waals surface area contributed by atoms with E-state index in [4.69, 9.17) is 10.5 Å². The zero-order valence-corrected chi connectivity index (χ0v) is 10.2. The molecule has 0 spiro atoms. The number of benzene rings is 1. The van der Waals surface area contributed by atoms with Crippen molar-refractivity contribution in [1.29, 1.82) is 0 Å². The molecule has 0 saturated heterocycles. The molecule has 1 atom stereocenters. The Kier molecular flexibility index (Phi) is 3.33. The average molecular weight is 234 g/mol. The molecule has 1 heterocycles. The Morgan fingerprint density at radius 1 is 1.47 bits per heavy atom. The van der Waals surface area contributed by atoms with Crippen LogP contribution in [0.5, 0.6) is 5.75 Å². The van der Waals surface area contributed by atoms with E-state index in [1.54, 1.807) is 0 Å². The molecule has 1 aliphatic rings. The van der Waals surface area contributed by atoms with Crippen molar-refractivity contribution in [3.8, 4) is 5.75 Å². The molecule has 0 fully saturated rings. The third-order valence-electron chi connectivity index (χ3n) is 2.98. The highest BCUT2D eigenvalue weighted by atomic mass is 16.5. The van der Waals surface area contributed by atoms with E-state index < -0.39 is 6.04 Å². The number of nitrogens with one attached hydrogen (secondary N) is 1. The second-order valence-corrected chi connectivity index (χ2v) is 4.68. The molecule has 0 unspecified atom stereocenters. The van der Waals surface area contributed by atoms with E-state index in [2.05, 4.69) is 5.32 Å². The highest BCUT2D eigenvalue weighted by molar-refractivity contribution is 5.95. The van der Waals surface area contributed by atoms with Gasteiger partial charge in [-0.25, -0.2) is 0 Å². The predicted molar refractivity (Wildman–Crippen MR) is 67.1 cm³/mol. The Hall–Kier alpha value is -1.55. The molecule has 1 aromatic rings. The highest BCUT2D eigenvalue weighted by Crippen LogP contribution is 2.27. The summed E-state index contributed by atoms with van der Waals surface area (Å²) in [5.74, 6) is 0.905. The van der Waals surface area contributed by atoms with Crippen LogP contribution >= 0.6 is 0 Å². The molecular weight excluding hydrogens is 216 g/mol. The van der Waals surface area contributed by atoms with Gasteiger partial charge >= 0.3 is 0 Å². The van der Waals surface area contributed by atoms with Gasteiger partial charge in [0, 0.05) is 12.1 Å². The van der Waals surface area contributed by atoms with Gasteiger partial charge in [-0.1, -0.05) is 13.8 Å². The van der Waals surface area contributed by atoms with Gasteiger partial charge in [-0.3, -0.25) is 4.79 Å². The van der Waals surface area contributed by atoms with Crippen LogP contribution in [-0.2, 0) is 11.2 Å². The van der Waals surface area contributed by atoms with Crippen molar-refractivity contribution < 1.29 is 9.53 Å². The molecular formula is C13H18N2O2. The standard InChI is InChI=1S/C13H18N2O2/c1-8(2)12(14)13(16)15-10-3-4-11-9(7-10)5-6-17-11/h3-4,7-8,12H,5-6,14H2,1-2H3,(H,15,16)/t12-/m1/s1. The van der Waals surface area contributed by atoms with Crippen LogP contribution in [0, 0.1) is 5.92 Å². The fraction of sp³-hybridized carbons (Fsp3) is 0.462. The first-order valence-electron chi connectivity index (χ1n) is 5.90. The number of rotatable bonds is 3. The minimum absolute atomic E-state index is 0.132. The first kappa shape index (κ1) is 11.9. The summed E-state index contributed by atoms with van der Waals surface area (Å²) < 4.78 is 5.41. The predicted octanol–water partition coefficient (Wildman–Crippen LogP) is 1.54. The number of ether oxygens (including phenoxy) is 1. The van der Waals surface area contributed by atoms with Crippen LogP contribution in [0.2, 0.25) is 0 Å². The lowest BCUT2D eigenvalue weighted by atomic mass is 10.0. The van der Waals surface area contributed by atoms with Gasteiger partial charge in [-0.2, -0.15) is 0 Å². The Bertz CT molecular complexity index is 429. The van der Waals surface area contributed by atoms with Crippen LogP contribution in [0.25, 0.3) is 0 Å². The Morgan fingerprint density at radius 3 is 2.94 bits per heavy atom. The molecule has 4 nitrogen and oxygen atoms in total. The number of nitrogens with two attached hydrogens (primary N) is 1. The third-order valence-corrected chi connectivity index (χ3v) is 2.98. The molecule has 1 amide bonds. The molecule has 1 aromatic carbocycles. The van der Waals surface area contributed by atoms with E-state index in [0.29, 0.717) is 0 Å². The topological polar surface area (TPSA) is 64.4 Å². The monoisotopic (exact) mass is 234 g/mol. The number of carbonyl (C=O) groups excluding carboxylic acids is 1. The van der Waals surface area contributed by atoms with E-state index in [-0.39, 0.29) is 11.8 Å². The van der Waals surface area contributed by atoms with Gasteiger partial charge in [0.25, 0.3) is 0 Å². The van der Waals surface area contributed by atoms with Crippen molar-refractivity contribution >= 4 is 11.6 Å². The summed E-state index contributed by atoms with van der Waals surface area (Å²) in [4.78, 5) is 11.8. The van der Waals surface area contributed by atoms with Gasteiger partial charge in [-0.05, 0) is 29.7 Å². The van der Waals surface area contributed by atoms with E-state index in [1.807, 2.05) is 32.0 Å². The van der Waals surface area contributed by atoms with Crippen molar-refractivity contribution in [2.45, 2.75) is 26.3 Å². The molecule has 0 aliphatic carbocycles. The number of hydrogen-bond acceptors (Lipinski definition) is 3. The van der Waals surface area contributed by atoms with Crippen molar-refractivity contribution in [2.24, 2.45) is 11.7 Å². The minimum atomic E-state index is -0.473. The van der Waals surface area contributed by atoms with Crippen LogP contribution in [-0.4, -0.2) is 18.6 Å². The molecule has 92 valence electrons. The largest absolute Gasteiger partial charge is 0.493 e. The first-order chi connectivity index (χ1) is 8.08. The van der Waals surface area contributed by atoms with Gasteiger partial charge in [0.05, 0.1) is 12.6 Å². The summed E-state index contributed by atoms with van der Waals surface area (Å²) in [5, 5.41) is 2.83. The Labute approximate surface area is 101 Å². The number of amides is 1. The summed E-state index contributed by atoms with van der Waals surface area (Å²) in [5.41, 5.74) is 7.71. The molecule has 4 heteroatoms. The maximum atomic E-state index is 11.8. The van der Waals surface area contributed by atoms with Crippen molar-refractivity contribution in [2.75, 3.05) is 11.9 Å². The molecule has 0 bridgehead atoms. The molecule has 1 aliphatic heterocycles. The lowest BCUT2D eigenvalue weighted by Crippen LogP contribution is -2.39. The maximum Gasteiger partial charge on any atom is 0.241 e. The van der Waals surface area contributed by atoms with Crippen LogP contribution in [0.4, 0.5) is 5.69 Å². The molecule has 0 radical (unpaired) electrons. The van der Waals surface area contributed by atoms with E-state index in [0.717, 1.165) is 30.0 Å². The summed E-state index contributed by atoms with van der Waals surface area (Å²) in [6.45, 7) is 4.58. The van der Waals surface area contributed by atoms with E-state index in [9.17, 15) is 4.79 Å². The summed E-state index contributed by atoms with van der Waals surface area (Å²) in [6.07, 6.45) is 0.898. The minimum Gasteiger partial charge on any atom is -0.493 e. The summed E-state index contributed by atoms with van der Waals surface area (Å²) in [7, 11) is 0. The normalized spacial score (nSPS) is 15.3. The van der Waals surface area contributed by atoms with Gasteiger partial charge in [0.15, 0.2) is 0 Å². The maximum absolute atomic E-state index is 11.8. The Morgan fingerprint density at radius 2 is 2.24 bits per heavy atom. The van der Waals surface area contributed by atoms with Gasteiger partial charge in [0.1, 0.15) is 5.75 Å². The van der Waals surface area contributed by atoms with Gasteiger partial charge < -0.3 is 15.8 Å². The summed E-state index contributed by atoms with van der Waals surface area (Å²) in [6, 6.07) is 5.21. The van der Waals surface area contributed by atoms with Crippen molar-refractivity contribution in [3.63, 3.8) is 0 Å². The van der Waals surface area contributed by atoms with Crippen LogP contribution in [0.1, 0.15) is 19.4 Å². The number of fused-ring (bicyclic) bond motifs is 1. The second kappa shape index (κ2) is 4.75. The molecule has 0 aromatic heterocycles. The lowest BCUT2D eigenvalue weighted by Gasteiger charge is -2.15. The van der Waals surface area contributed by atoms with E-state index >= 15 is 0 Å². The number of carbonyl (C=O) groups is 1. The van der Waals surface area contributed by atoms with Crippen molar-refractivity contribution in [1.82, 2.24) is 0 Å². The van der Waals surface area contributed by atoms with Crippen molar-refractivity contribution in [3.05, 3.63) is 23.8 Å². The zero-order chi connectivity index (χ0) is 12.4. The fourth-order valence-corrected chi connectivity index (χ4v) is 1.79. The quantitative estimate of drug-likeness (QED) is 0.834. The first-order valence-corrected chi connectivity index (χ1v) is 5.90. The number of anilines is 1. The third kappa shape index (κ3) is 2.58. The average Bonchev–Trinajstić information content (AvgIpc) is 2.74. The molecule has 3 N–H and O–H groups in total. The molecule has 2 rings (SSSR count). The highest BCUT2D eigenvalue weighted by Gasteiger charge is 2.18. The van der Waals surface area contributed by atoms with Crippen LogP contribution < -0.4 is 15.8 Å². The fourth-order valence-electron chi connectivity index (χ4n) is 1.79. The zero-order valence-electron chi connectivity index (χ0n) is 10.2.